The van der Waals surface area contributed by atoms with Crippen LogP contribution in [0.5, 0.6) is 5.88 Å². The number of aromatic nitrogens is 6. The zero-order valence-corrected chi connectivity index (χ0v) is 17.1. The van der Waals surface area contributed by atoms with Crippen molar-refractivity contribution in [2.75, 3.05) is 19.7 Å². The number of aromatic amines is 1. The van der Waals surface area contributed by atoms with Crippen LogP contribution >= 0.6 is 0 Å². The largest absolute Gasteiger partial charge is 0.477 e. The zero-order chi connectivity index (χ0) is 20.4. The summed E-state index contributed by atoms with van der Waals surface area (Å²) in [6.45, 7) is 5.28. The third-order valence-corrected chi connectivity index (χ3v) is 6.81. The van der Waals surface area contributed by atoms with Gasteiger partial charge in [0.2, 0.25) is 5.88 Å². The molecule has 0 spiro atoms. The van der Waals surface area contributed by atoms with E-state index >= 15 is 0 Å². The van der Waals surface area contributed by atoms with E-state index in [1.807, 2.05) is 19.9 Å². The molecule has 0 atom stereocenters. The van der Waals surface area contributed by atoms with E-state index in [1.165, 1.54) is 23.2 Å². The summed E-state index contributed by atoms with van der Waals surface area (Å²) < 4.78 is 34.2. The van der Waals surface area contributed by atoms with Crippen LogP contribution in [0.1, 0.15) is 24.2 Å². The van der Waals surface area contributed by atoms with Gasteiger partial charge in [-0.3, -0.25) is 0 Å². The number of piperidine rings is 1. The molecule has 1 fully saturated rings. The fourth-order valence-corrected chi connectivity index (χ4v) is 4.79. The Labute approximate surface area is 169 Å². The lowest BCUT2D eigenvalue weighted by atomic mass is 9.99. The van der Waals surface area contributed by atoms with E-state index in [1.54, 1.807) is 10.7 Å². The molecule has 29 heavy (non-hydrogen) atoms. The van der Waals surface area contributed by atoms with Crippen molar-refractivity contribution in [2.24, 2.45) is 5.92 Å². The maximum Gasteiger partial charge on any atom is 0.260 e. The van der Waals surface area contributed by atoms with E-state index in [2.05, 4.69) is 25.0 Å². The molecule has 0 unspecified atom stereocenters. The molecule has 0 amide bonds. The summed E-state index contributed by atoms with van der Waals surface area (Å²) in [4.78, 5) is 14.9. The summed E-state index contributed by atoms with van der Waals surface area (Å²) in [6.07, 6.45) is 5.61. The highest BCUT2D eigenvalue weighted by atomic mass is 32.2. The van der Waals surface area contributed by atoms with Crippen LogP contribution in [-0.2, 0) is 10.0 Å². The molecule has 1 aliphatic heterocycles. The number of hydrogen-bond acceptors (Lipinski definition) is 7. The van der Waals surface area contributed by atoms with E-state index in [4.69, 9.17) is 4.74 Å². The minimum atomic E-state index is -3.50. The Hall–Kier alpha value is -2.79. The van der Waals surface area contributed by atoms with Crippen LogP contribution in [0, 0.1) is 19.8 Å². The Balaban J connectivity index is 1.34. The standard InChI is InChI=1S/C18H23N7O3S/c1-13-7-14(2)25(23-13)16-8-17(21-12-20-16)28-10-15-3-5-24(6-4-15)29(26,27)18-9-19-11-22-18/h7-9,11-12,15H,3-6,10H2,1-2H3,(H,19,22). The van der Waals surface area contributed by atoms with Crippen molar-refractivity contribution < 1.29 is 13.2 Å². The lowest BCUT2D eigenvalue weighted by Gasteiger charge is -2.30. The van der Waals surface area contributed by atoms with Crippen LogP contribution in [0.2, 0.25) is 0 Å². The van der Waals surface area contributed by atoms with Gasteiger partial charge in [0.25, 0.3) is 10.0 Å². The molecule has 0 aliphatic carbocycles. The van der Waals surface area contributed by atoms with Crippen molar-refractivity contribution in [3.05, 3.63) is 42.4 Å². The van der Waals surface area contributed by atoms with E-state index in [9.17, 15) is 8.42 Å². The molecule has 1 N–H and O–H groups in total. The quantitative estimate of drug-likeness (QED) is 0.645. The Morgan fingerprint density at radius 1 is 1.21 bits per heavy atom. The lowest BCUT2D eigenvalue weighted by molar-refractivity contribution is 0.180. The topological polar surface area (TPSA) is 119 Å². The molecule has 4 rings (SSSR count). The van der Waals surface area contributed by atoms with Crippen molar-refractivity contribution in [1.29, 1.82) is 0 Å². The van der Waals surface area contributed by atoms with Crippen LogP contribution in [0.3, 0.4) is 0 Å². The molecular formula is C18H23N7O3S. The summed E-state index contributed by atoms with van der Waals surface area (Å²) in [5.41, 5.74) is 1.90. The molecule has 3 aromatic rings. The minimum absolute atomic E-state index is 0.130. The van der Waals surface area contributed by atoms with Gasteiger partial charge >= 0.3 is 0 Å². The van der Waals surface area contributed by atoms with Crippen molar-refractivity contribution in [3.63, 3.8) is 0 Å². The Kier molecular flexibility index (Phi) is 5.33. The average Bonchev–Trinajstić information content (AvgIpc) is 3.37. The number of aryl methyl sites for hydroxylation is 2. The number of sulfonamides is 1. The number of imidazole rings is 1. The molecule has 0 bridgehead atoms. The molecule has 0 saturated carbocycles. The number of nitrogens with zero attached hydrogens (tertiary/aromatic N) is 6. The van der Waals surface area contributed by atoms with E-state index in [0.29, 0.717) is 31.4 Å². The second kappa shape index (κ2) is 7.91. The number of ether oxygens (including phenoxy) is 1. The van der Waals surface area contributed by atoms with Crippen LogP contribution in [-0.4, -0.2) is 62.1 Å². The molecule has 4 heterocycles. The maximum absolute atomic E-state index is 12.5. The molecule has 1 saturated heterocycles. The van der Waals surface area contributed by atoms with Gasteiger partial charge in [-0.2, -0.15) is 9.40 Å². The number of H-pyrrole nitrogens is 1. The monoisotopic (exact) mass is 417 g/mol. The smallest absolute Gasteiger partial charge is 0.260 e. The third kappa shape index (κ3) is 4.15. The highest BCUT2D eigenvalue weighted by Gasteiger charge is 2.30. The molecular weight excluding hydrogens is 394 g/mol. The molecule has 0 radical (unpaired) electrons. The number of nitrogens with one attached hydrogen (secondary N) is 1. The van der Waals surface area contributed by atoms with Gasteiger partial charge in [0.05, 0.1) is 24.8 Å². The van der Waals surface area contributed by atoms with Gasteiger partial charge in [-0.05, 0) is 38.7 Å². The van der Waals surface area contributed by atoms with Gasteiger partial charge in [-0.1, -0.05) is 0 Å². The summed E-state index contributed by atoms with van der Waals surface area (Å²) in [7, 11) is -3.50. The Morgan fingerprint density at radius 3 is 2.66 bits per heavy atom. The zero-order valence-electron chi connectivity index (χ0n) is 16.3. The van der Waals surface area contributed by atoms with Gasteiger partial charge < -0.3 is 9.72 Å². The van der Waals surface area contributed by atoms with Crippen LogP contribution in [0.15, 0.2) is 36.0 Å². The first kappa shape index (κ1) is 19.5. The maximum atomic E-state index is 12.5. The second-order valence-electron chi connectivity index (χ2n) is 7.13. The Morgan fingerprint density at radius 2 is 2.00 bits per heavy atom. The third-order valence-electron chi connectivity index (χ3n) is 4.99. The first-order chi connectivity index (χ1) is 13.9. The first-order valence-electron chi connectivity index (χ1n) is 9.40. The van der Waals surface area contributed by atoms with Crippen molar-refractivity contribution >= 4 is 10.0 Å². The molecule has 0 aromatic carbocycles. The molecule has 3 aromatic heterocycles. The predicted molar refractivity (Wildman–Crippen MR) is 104 cm³/mol. The summed E-state index contributed by atoms with van der Waals surface area (Å²) in [6, 6.07) is 3.74. The molecule has 154 valence electrons. The highest BCUT2D eigenvalue weighted by Crippen LogP contribution is 2.23. The highest BCUT2D eigenvalue weighted by molar-refractivity contribution is 7.89. The van der Waals surface area contributed by atoms with E-state index in [-0.39, 0.29) is 10.9 Å². The fourth-order valence-electron chi connectivity index (χ4n) is 3.43. The Bertz CT molecular complexity index is 1070. The SMILES string of the molecule is Cc1cc(C)n(-c2cc(OCC3CCN(S(=O)(=O)c4cnc[nH]4)CC3)ncn2)n1. The summed E-state index contributed by atoms with van der Waals surface area (Å²) in [5, 5.41) is 4.55. The summed E-state index contributed by atoms with van der Waals surface area (Å²) in [5.74, 6) is 1.39. The van der Waals surface area contributed by atoms with Crippen LogP contribution < -0.4 is 4.74 Å². The van der Waals surface area contributed by atoms with Crippen molar-refractivity contribution in [2.45, 2.75) is 31.7 Å². The second-order valence-corrected chi connectivity index (χ2v) is 9.03. The lowest BCUT2D eigenvalue weighted by Crippen LogP contribution is -2.39. The number of rotatable bonds is 6. The molecule has 10 nitrogen and oxygen atoms in total. The van der Waals surface area contributed by atoms with Gasteiger partial charge in [-0.15, -0.1) is 0 Å². The summed E-state index contributed by atoms with van der Waals surface area (Å²) >= 11 is 0. The molecule has 1 aliphatic rings. The van der Waals surface area contributed by atoms with E-state index < -0.39 is 10.0 Å². The van der Waals surface area contributed by atoms with Gasteiger partial charge in [-0.25, -0.2) is 28.1 Å². The minimum Gasteiger partial charge on any atom is -0.477 e. The number of hydrogen-bond donors (Lipinski definition) is 1. The van der Waals surface area contributed by atoms with Gasteiger partial charge in [0.1, 0.15) is 6.33 Å². The first-order valence-corrected chi connectivity index (χ1v) is 10.8. The van der Waals surface area contributed by atoms with Gasteiger partial charge in [0.15, 0.2) is 10.8 Å². The van der Waals surface area contributed by atoms with Crippen LogP contribution in [0.25, 0.3) is 5.82 Å². The van der Waals surface area contributed by atoms with Gasteiger partial charge in [0, 0.05) is 24.8 Å². The predicted octanol–water partition coefficient (Wildman–Crippen LogP) is 1.48. The average molecular weight is 417 g/mol. The van der Waals surface area contributed by atoms with E-state index in [0.717, 1.165) is 24.2 Å². The molecule has 11 heteroatoms. The normalized spacial score (nSPS) is 16.2. The van der Waals surface area contributed by atoms with Crippen molar-refractivity contribution in [1.82, 2.24) is 34.0 Å². The fraction of sp³-hybridized carbons (Fsp3) is 0.444. The van der Waals surface area contributed by atoms with Crippen LogP contribution in [0.4, 0.5) is 0 Å². The van der Waals surface area contributed by atoms with Crippen molar-refractivity contribution in [3.8, 4) is 11.7 Å².